The Labute approximate surface area is 128 Å². The molecule has 21 heavy (non-hydrogen) atoms. The molecule has 0 aromatic heterocycles. The zero-order valence-electron chi connectivity index (χ0n) is 13.4. The molecule has 1 heterocycles. The summed E-state index contributed by atoms with van der Waals surface area (Å²) in [4.78, 5) is 17.0. The largest absolute Gasteiger partial charge is 0.375 e. The highest BCUT2D eigenvalue weighted by Crippen LogP contribution is 2.31. The average molecular weight is 294 g/mol. The van der Waals surface area contributed by atoms with Gasteiger partial charge in [-0.2, -0.15) is 0 Å². The summed E-state index contributed by atoms with van der Waals surface area (Å²) < 4.78 is 5.54. The van der Waals surface area contributed by atoms with E-state index in [0.717, 1.165) is 25.6 Å². The molecule has 0 spiro atoms. The SMILES string of the molecule is CC1CN(C(=O)CN(CC2CCCCC2)C2CC2)CCO1. The Morgan fingerprint density at radius 1 is 1.19 bits per heavy atom. The maximum absolute atomic E-state index is 12.6. The second kappa shape index (κ2) is 7.10. The molecule has 120 valence electrons. The number of carbonyl (C=O) groups excluding carboxylic acids is 1. The van der Waals surface area contributed by atoms with Crippen molar-refractivity contribution in [1.29, 1.82) is 0 Å². The summed E-state index contributed by atoms with van der Waals surface area (Å²) in [5, 5.41) is 0. The van der Waals surface area contributed by atoms with Crippen LogP contribution in [0.4, 0.5) is 0 Å². The van der Waals surface area contributed by atoms with E-state index in [1.807, 2.05) is 4.90 Å². The molecule has 0 aromatic rings. The van der Waals surface area contributed by atoms with Crippen LogP contribution in [-0.2, 0) is 9.53 Å². The van der Waals surface area contributed by atoms with Crippen LogP contribution < -0.4 is 0 Å². The third kappa shape index (κ3) is 4.43. The van der Waals surface area contributed by atoms with E-state index in [0.29, 0.717) is 25.1 Å². The standard InChI is InChI=1S/C17H30N2O2/c1-14-11-18(9-10-21-14)17(20)13-19(16-7-8-16)12-15-5-3-2-4-6-15/h14-16H,2-13H2,1H3. The summed E-state index contributed by atoms with van der Waals surface area (Å²) in [5.74, 6) is 1.14. The van der Waals surface area contributed by atoms with Gasteiger partial charge in [0.25, 0.3) is 0 Å². The van der Waals surface area contributed by atoms with Gasteiger partial charge in [0.2, 0.25) is 5.91 Å². The smallest absolute Gasteiger partial charge is 0.236 e. The number of amides is 1. The van der Waals surface area contributed by atoms with Gasteiger partial charge in [0, 0.05) is 25.7 Å². The van der Waals surface area contributed by atoms with Crippen LogP contribution in [0, 0.1) is 5.92 Å². The number of morpholine rings is 1. The van der Waals surface area contributed by atoms with Crippen molar-refractivity contribution in [3.63, 3.8) is 0 Å². The van der Waals surface area contributed by atoms with Crippen molar-refractivity contribution in [2.75, 3.05) is 32.8 Å². The van der Waals surface area contributed by atoms with Crippen LogP contribution in [0.2, 0.25) is 0 Å². The minimum absolute atomic E-state index is 0.190. The van der Waals surface area contributed by atoms with Crippen molar-refractivity contribution < 1.29 is 9.53 Å². The normalized spacial score (nSPS) is 28.1. The monoisotopic (exact) mass is 294 g/mol. The predicted molar refractivity (Wildman–Crippen MR) is 83.2 cm³/mol. The van der Waals surface area contributed by atoms with E-state index >= 15 is 0 Å². The molecule has 0 radical (unpaired) electrons. The third-order valence-corrected chi connectivity index (χ3v) is 5.21. The van der Waals surface area contributed by atoms with E-state index in [1.54, 1.807) is 0 Å². The summed E-state index contributed by atoms with van der Waals surface area (Å²) in [5.41, 5.74) is 0. The first-order chi connectivity index (χ1) is 10.2. The highest BCUT2D eigenvalue weighted by molar-refractivity contribution is 5.78. The molecule has 0 bridgehead atoms. The molecule has 1 atom stereocenters. The van der Waals surface area contributed by atoms with Crippen molar-refractivity contribution in [3.8, 4) is 0 Å². The molecule has 2 aliphatic carbocycles. The van der Waals surface area contributed by atoms with Gasteiger partial charge in [-0.05, 0) is 38.5 Å². The molecule has 0 aromatic carbocycles. The van der Waals surface area contributed by atoms with E-state index in [4.69, 9.17) is 4.74 Å². The summed E-state index contributed by atoms with van der Waals surface area (Å²) in [7, 11) is 0. The fraction of sp³-hybridized carbons (Fsp3) is 0.941. The Morgan fingerprint density at radius 2 is 1.95 bits per heavy atom. The Balaban J connectivity index is 1.50. The van der Waals surface area contributed by atoms with Gasteiger partial charge < -0.3 is 9.64 Å². The summed E-state index contributed by atoms with van der Waals surface area (Å²) in [6.45, 7) is 6.06. The van der Waals surface area contributed by atoms with Gasteiger partial charge in [-0.1, -0.05) is 19.3 Å². The number of rotatable bonds is 5. The molecule has 1 aliphatic heterocycles. The van der Waals surface area contributed by atoms with Gasteiger partial charge in [-0.25, -0.2) is 0 Å². The minimum atomic E-state index is 0.190. The first-order valence-corrected chi connectivity index (χ1v) is 8.86. The quantitative estimate of drug-likeness (QED) is 0.780. The van der Waals surface area contributed by atoms with E-state index in [-0.39, 0.29) is 6.10 Å². The Hall–Kier alpha value is -0.610. The summed E-state index contributed by atoms with van der Waals surface area (Å²) >= 11 is 0. The number of ether oxygens (including phenoxy) is 1. The number of carbonyl (C=O) groups is 1. The van der Waals surface area contributed by atoms with Gasteiger partial charge >= 0.3 is 0 Å². The zero-order valence-corrected chi connectivity index (χ0v) is 13.4. The minimum Gasteiger partial charge on any atom is -0.375 e. The second-order valence-corrected chi connectivity index (χ2v) is 7.19. The molecule has 4 nitrogen and oxygen atoms in total. The van der Waals surface area contributed by atoms with E-state index in [1.165, 1.54) is 44.9 Å². The van der Waals surface area contributed by atoms with Crippen LogP contribution in [0.15, 0.2) is 0 Å². The van der Waals surface area contributed by atoms with Gasteiger partial charge in [-0.15, -0.1) is 0 Å². The summed E-state index contributed by atoms with van der Waals surface area (Å²) in [6, 6.07) is 0.689. The molecule has 3 fully saturated rings. The first kappa shape index (κ1) is 15.3. The lowest BCUT2D eigenvalue weighted by molar-refractivity contribution is -0.139. The lowest BCUT2D eigenvalue weighted by Crippen LogP contribution is -2.49. The van der Waals surface area contributed by atoms with E-state index < -0.39 is 0 Å². The van der Waals surface area contributed by atoms with Crippen LogP contribution in [0.25, 0.3) is 0 Å². The fourth-order valence-corrected chi connectivity index (χ4v) is 3.80. The van der Waals surface area contributed by atoms with Crippen LogP contribution in [0.5, 0.6) is 0 Å². The fourth-order valence-electron chi connectivity index (χ4n) is 3.80. The molecule has 3 aliphatic rings. The number of nitrogens with zero attached hydrogens (tertiary/aromatic N) is 2. The molecule has 1 amide bonds. The second-order valence-electron chi connectivity index (χ2n) is 7.19. The molecular weight excluding hydrogens is 264 g/mol. The van der Waals surface area contributed by atoms with E-state index in [2.05, 4.69) is 11.8 Å². The highest BCUT2D eigenvalue weighted by atomic mass is 16.5. The summed E-state index contributed by atoms with van der Waals surface area (Å²) in [6.07, 6.45) is 9.69. The van der Waals surface area contributed by atoms with Crippen LogP contribution in [0.3, 0.4) is 0 Å². The van der Waals surface area contributed by atoms with Gasteiger partial charge in [0.1, 0.15) is 0 Å². The lowest BCUT2D eigenvalue weighted by Gasteiger charge is -2.34. The van der Waals surface area contributed by atoms with Crippen molar-refractivity contribution in [3.05, 3.63) is 0 Å². The van der Waals surface area contributed by atoms with Gasteiger partial charge in [0.15, 0.2) is 0 Å². The molecule has 0 N–H and O–H groups in total. The highest BCUT2D eigenvalue weighted by Gasteiger charge is 2.33. The van der Waals surface area contributed by atoms with E-state index in [9.17, 15) is 4.79 Å². The van der Waals surface area contributed by atoms with Crippen LogP contribution in [0.1, 0.15) is 51.9 Å². The average Bonchev–Trinajstić information content (AvgIpc) is 3.32. The van der Waals surface area contributed by atoms with Gasteiger partial charge in [-0.3, -0.25) is 9.69 Å². The van der Waals surface area contributed by atoms with Gasteiger partial charge in [0.05, 0.1) is 19.3 Å². The van der Waals surface area contributed by atoms with Crippen molar-refractivity contribution in [1.82, 2.24) is 9.80 Å². The lowest BCUT2D eigenvalue weighted by atomic mass is 9.89. The zero-order chi connectivity index (χ0) is 14.7. The van der Waals surface area contributed by atoms with Crippen molar-refractivity contribution >= 4 is 5.91 Å². The maximum Gasteiger partial charge on any atom is 0.236 e. The molecular formula is C17H30N2O2. The Morgan fingerprint density at radius 3 is 2.62 bits per heavy atom. The Bertz CT molecular complexity index is 351. The Kier molecular flexibility index (Phi) is 5.17. The number of hydrogen-bond donors (Lipinski definition) is 0. The van der Waals surface area contributed by atoms with Crippen molar-refractivity contribution in [2.24, 2.45) is 5.92 Å². The molecule has 1 saturated heterocycles. The number of hydrogen-bond acceptors (Lipinski definition) is 3. The predicted octanol–water partition coefficient (Wildman–Crippen LogP) is 2.28. The van der Waals surface area contributed by atoms with Crippen LogP contribution in [-0.4, -0.2) is 60.6 Å². The first-order valence-electron chi connectivity index (χ1n) is 8.86. The molecule has 1 unspecified atom stereocenters. The molecule has 3 rings (SSSR count). The molecule has 2 saturated carbocycles. The van der Waals surface area contributed by atoms with Crippen molar-refractivity contribution in [2.45, 2.75) is 64.0 Å². The van der Waals surface area contributed by atoms with Crippen LogP contribution >= 0.6 is 0 Å². The third-order valence-electron chi connectivity index (χ3n) is 5.21. The topological polar surface area (TPSA) is 32.8 Å². The molecule has 4 heteroatoms. The maximum atomic E-state index is 12.6.